The normalized spacial score (nSPS) is 11.9. The summed E-state index contributed by atoms with van der Waals surface area (Å²) in [5, 5.41) is 8.70. The van der Waals surface area contributed by atoms with Crippen molar-refractivity contribution in [2.75, 3.05) is 33.0 Å². The molecule has 0 aliphatic rings. The van der Waals surface area contributed by atoms with Crippen LogP contribution in [0.1, 0.15) is 52.0 Å². The maximum atomic E-state index is 9.93. The van der Waals surface area contributed by atoms with Crippen molar-refractivity contribution in [2.45, 2.75) is 52.5 Å². The lowest BCUT2D eigenvalue weighted by atomic mass is 9.99. The van der Waals surface area contributed by atoms with Crippen molar-refractivity contribution in [3.8, 4) is 0 Å². The van der Waals surface area contributed by atoms with Crippen molar-refractivity contribution in [3.63, 3.8) is 0 Å². The lowest BCUT2D eigenvalue weighted by molar-refractivity contribution is 0.0710. The van der Waals surface area contributed by atoms with Crippen molar-refractivity contribution in [1.29, 1.82) is 0 Å². The predicted octanol–water partition coefficient (Wildman–Crippen LogP) is 3.93. The van der Waals surface area contributed by atoms with Crippen LogP contribution in [-0.4, -0.2) is 53.0 Å². The molecule has 0 aliphatic heterocycles. The van der Waals surface area contributed by atoms with E-state index in [1.165, 1.54) is 11.6 Å². The first kappa shape index (κ1) is 25.7. The highest BCUT2D eigenvalue weighted by atomic mass is 28.4. The summed E-state index contributed by atoms with van der Waals surface area (Å²) in [5.41, 5.74) is 1.31. The molecule has 6 nitrogen and oxygen atoms in total. The molecule has 0 fully saturated rings. The molecule has 1 unspecified atom stereocenters. The molecule has 0 heterocycles. The van der Waals surface area contributed by atoms with Crippen LogP contribution >= 0.6 is 0 Å². The molecule has 1 aromatic rings. The highest BCUT2D eigenvalue weighted by Crippen LogP contribution is 2.18. The van der Waals surface area contributed by atoms with Crippen LogP contribution in [0.4, 0.5) is 0 Å². The number of hydrogen-bond donors (Lipinski definition) is 1. The van der Waals surface area contributed by atoms with E-state index in [1.807, 2.05) is 39.0 Å². The van der Waals surface area contributed by atoms with Gasteiger partial charge in [-0.25, -0.2) is 9.79 Å². The number of hydrogen-bond acceptors (Lipinski definition) is 6. The van der Waals surface area contributed by atoms with Crippen molar-refractivity contribution in [3.05, 3.63) is 35.9 Å². The third-order valence-electron chi connectivity index (χ3n) is 3.84. The molecule has 0 aromatic heterocycles. The molecule has 0 saturated heterocycles. The van der Waals surface area contributed by atoms with Crippen molar-refractivity contribution >= 4 is 14.9 Å². The van der Waals surface area contributed by atoms with Crippen LogP contribution in [0.3, 0.4) is 0 Å². The number of benzene rings is 1. The molecule has 1 atom stereocenters. The summed E-state index contributed by atoms with van der Waals surface area (Å²) < 4.78 is 16.9. The highest BCUT2D eigenvalue weighted by Gasteiger charge is 2.39. The van der Waals surface area contributed by atoms with Crippen molar-refractivity contribution in [2.24, 2.45) is 4.99 Å². The van der Waals surface area contributed by atoms with E-state index >= 15 is 0 Å². The Morgan fingerprint density at radius 3 is 2.07 bits per heavy atom. The first-order chi connectivity index (χ1) is 13.1. The second kappa shape index (κ2) is 16.8. The quantitative estimate of drug-likeness (QED) is 0.236. The van der Waals surface area contributed by atoms with E-state index in [-0.39, 0.29) is 6.61 Å². The number of carbonyl (C=O) groups excluding carboxylic acids is 1. The molecule has 0 radical (unpaired) electrons. The SMILES string of the molecule is CC(CCO)c1ccccc1.CCO[Si](CCCN=C=O)(OCC)OCC. The lowest BCUT2D eigenvalue weighted by Gasteiger charge is -2.28. The van der Waals surface area contributed by atoms with Gasteiger partial charge in [0.1, 0.15) is 0 Å². The minimum absolute atomic E-state index is 0.274. The summed E-state index contributed by atoms with van der Waals surface area (Å²) in [6.45, 7) is 10.3. The molecular weight excluding hydrogens is 362 g/mol. The summed E-state index contributed by atoms with van der Waals surface area (Å²) in [7, 11) is -2.54. The molecule has 0 bridgehead atoms. The number of aliphatic hydroxyl groups excluding tert-OH is 1. The average molecular weight is 398 g/mol. The largest absolute Gasteiger partial charge is 0.500 e. The Kier molecular flexibility index (Phi) is 16.0. The molecule has 0 aliphatic carbocycles. The van der Waals surface area contributed by atoms with Gasteiger partial charge in [0.25, 0.3) is 0 Å². The fourth-order valence-corrected chi connectivity index (χ4v) is 5.16. The molecule has 0 spiro atoms. The zero-order chi connectivity index (χ0) is 20.4. The van der Waals surface area contributed by atoms with Crippen molar-refractivity contribution < 1.29 is 23.2 Å². The van der Waals surface area contributed by atoms with Gasteiger partial charge in [0.15, 0.2) is 0 Å². The van der Waals surface area contributed by atoms with E-state index in [9.17, 15) is 4.79 Å². The Morgan fingerprint density at radius 2 is 1.63 bits per heavy atom. The van der Waals surface area contributed by atoms with E-state index < -0.39 is 8.80 Å². The Morgan fingerprint density at radius 1 is 1.07 bits per heavy atom. The molecule has 1 aromatic carbocycles. The van der Waals surface area contributed by atoms with Crippen LogP contribution in [0.5, 0.6) is 0 Å². The summed E-state index contributed by atoms with van der Waals surface area (Å²) >= 11 is 0. The predicted molar refractivity (Wildman–Crippen MR) is 110 cm³/mol. The number of isocyanates is 1. The highest BCUT2D eigenvalue weighted by molar-refractivity contribution is 6.60. The molecule has 7 heteroatoms. The molecular formula is C20H35NO5Si. The van der Waals surface area contributed by atoms with Crippen LogP contribution < -0.4 is 0 Å². The molecule has 154 valence electrons. The van der Waals surface area contributed by atoms with Crippen molar-refractivity contribution in [1.82, 2.24) is 0 Å². The molecule has 1 rings (SSSR count). The van der Waals surface area contributed by atoms with E-state index in [2.05, 4.69) is 24.0 Å². The zero-order valence-electron chi connectivity index (χ0n) is 17.1. The fraction of sp³-hybridized carbons (Fsp3) is 0.650. The van der Waals surface area contributed by atoms with Gasteiger partial charge in [-0.2, -0.15) is 0 Å². The maximum Gasteiger partial charge on any atom is 0.500 e. The van der Waals surface area contributed by atoms with Crippen LogP contribution in [0, 0.1) is 0 Å². The van der Waals surface area contributed by atoms with E-state index in [0.717, 1.165) is 12.8 Å². The fourth-order valence-electron chi connectivity index (χ4n) is 2.56. The Balaban J connectivity index is 0.000000533. The van der Waals surface area contributed by atoms with E-state index in [1.54, 1.807) is 0 Å². The summed E-state index contributed by atoms with van der Waals surface area (Å²) in [6, 6.07) is 11.0. The third kappa shape index (κ3) is 11.9. The van der Waals surface area contributed by atoms with Gasteiger partial charge in [-0.15, -0.1) is 0 Å². The molecule has 0 amide bonds. The Hall–Kier alpha value is -1.34. The summed E-state index contributed by atoms with van der Waals surface area (Å²) in [6.07, 6.45) is 3.09. The second-order valence-electron chi connectivity index (χ2n) is 5.88. The Labute approximate surface area is 164 Å². The van der Waals surface area contributed by atoms with Crippen LogP contribution in [0.15, 0.2) is 35.3 Å². The lowest BCUT2D eigenvalue weighted by Crippen LogP contribution is -2.46. The minimum atomic E-state index is -2.54. The second-order valence-corrected chi connectivity index (χ2v) is 8.61. The summed E-state index contributed by atoms with van der Waals surface area (Å²) in [4.78, 5) is 13.4. The average Bonchev–Trinajstić information content (AvgIpc) is 2.67. The molecule has 27 heavy (non-hydrogen) atoms. The number of nitrogens with zero attached hydrogens (tertiary/aromatic N) is 1. The van der Waals surface area contributed by atoms with E-state index in [4.69, 9.17) is 18.4 Å². The van der Waals surface area contributed by atoms with Gasteiger partial charge in [0.05, 0.1) is 6.54 Å². The van der Waals surface area contributed by atoms with Gasteiger partial charge in [0.2, 0.25) is 6.08 Å². The first-order valence-electron chi connectivity index (χ1n) is 9.70. The van der Waals surface area contributed by atoms with Gasteiger partial charge >= 0.3 is 8.80 Å². The monoisotopic (exact) mass is 397 g/mol. The number of rotatable bonds is 13. The number of aliphatic imine (C=N–C) groups is 1. The van der Waals surface area contributed by atoms with Crippen LogP contribution in [-0.2, 0) is 18.1 Å². The van der Waals surface area contributed by atoms with Gasteiger partial charge in [-0.1, -0.05) is 37.3 Å². The third-order valence-corrected chi connectivity index (χ3v) is 6.99. The van der Waals surface area contributed by atoms with Gasteiger partial charge < -0.3 is 18.4 Å². The first-order valence-corrected chi connectivity index (χ1v) is 11.6. The van der Waals surface area contributed by atoms with Gasteiger partial charge in [0, 0.05) is 32.5 Å². The molecule has 0 saturated carbocycles. The standard InChI is InChI=1S/C10H21NO4Si.C10H14O/c1-4-13-16(14-5-2,15-6-3)9-7-8-11-10-12;1-9(7-8-11)10-5-3-2-4-6-10/h4-9H2,1-3H3;2-6,9,11H,7-8H2,1H3. The zero-order valence-corrected chi connectivity index (χ0v) is 18.1. The smallest absolute Gasteiger partial charge is 0.396 e. The summed E-state index contributed by atoms with van der Waals surface area (Å²) in [5.74, 6) is 0.473. The molecule has 1 N–H and O–H groups in total. The number of aliphatic hydroxyl groups is 1. The van der Waals surface area contributed by atoms with Crippen LogP contribution in [0.25, 0.3) is 0 Å². The minimum Gasteiger partial charge on any atom is -0.396 e. The van der Waals surface area contributed by atoms with Crippen LogP contribution in [0.2, 0.25) is 6.04 Å². The van der Waals surface area contributed by atoms with E-state index in [0.29, 0.717) is 38.3 Å². The van der Waals surface area contributed by atoms with Gasteiger partial charge in [-0.05, 0) is 45.1 Å². The topological polar surface area (TPSA) is 77.4 Å². The van der Waals surface area contributed by atoms with Gasteiger partial charge in [-0.3, -0.25) is 0 Å². The Bertz CT molecular complexity index is 491. The maximum absolute atomic E-state index is 9.93.